The van der Waals surface area contributed by atoms with Crippen LogP contribution in [-0.2, 0) is 6.42 Å². The summed E-state index contributed by atoms with van der Waals surface area (Å²) in [6.45, 7) is 5.05. The van der Waals surface area contributed by atoms with Gasteiger partial charge in [-0.3, -0.25) is 0 Å². The molecule has 1 aromatic rings. The highest BCUT2D eigenvalue weighted by Crippen LogP contribution is 2.19. The van der Waals surface area contributed by atoms with Crippen LogP contribution in [0.2, 0.25) is 0 Å². The van der Waals surface area contributed by atoms with E-state index in [9.17, 15) is 8.78 Å². The number of benzene rings is 1. The van der Waals surface area contributed by atoms with Gasteiger partial charge in [0.05, 0.1) is 0 Å². The molecule has 3 heteroatoms. The van der Waals surface area contributed by atoms with Gasteiger partial charge in [0.25, 0.3) is 0 Å². The lowest BCUT2D eigenvalue weighted by Gasteiger charge is -2.19. The van der Waals surface area contributed by atoms with Crippen molar-refractivity contribution in [2.24, 2.45) is 5.73 Å². The van der Waals surface area contributed by atoms with Crippen LogP contribution in [0.1, 0.15) is 25.0 Å². The Hall–Kier alpha value is -0.960. The molecule has 1 rings (SSSR count). The number of hydrogen-bond donors (Lipinski definition) is 1. The quantitative estimate of drug-likeness (QED) is 0.778. The van der Waals surface area contributed by atoms with Crippen LogP contribution in [0.25, 0.3) is 0 Å². The smallest absolute Gasteiger partial charge is 0.132 e. The molecule has 0 saturated heterocycles. The summed E-state index contributed by atoms with van der Waals surface area (Å²) < 4.78 is 26.4. The SMILES string of the molecule is Cc1c(F)ccc(CC(C)(C)N)c1F. The average molecular weight is 199 g/mol. The second kappa shape index (κ2) is 3.65. The lowest BCUT2D eigenvalue weighted by Crippen LogP contribution is -2.34. The Kier molecular flexibility index (Phi) is 2.90. The van der Waals surface area contributed by atoms with Crippen molar-refractivity contribution in [3.63, 3.8) is 0 Å². The van der Waals surface area contributed by atoms with Crippen molar-refractivity contribution in [1.29, 1.82) is 0 Å². The Morgan fingerprint density at radius 2 is 1.86 bits per heavy atom. The van der Waals surface area contributed by atoms with Gasteiger partial charge in [-0.25, -0.2) is 8.78 Å². The Labute approximate surface area is 82.9 Å². The molecule has 0 aromatic heterocycles. The number of halogens is 2. The first-order valence-corrected chi connectivity index (χ1v) is 4.53. The Bertz CT molecular complexity index is 340. The van der Waals surface area contributed by atoms with Crippen LogP contribution in [0.15, 0.2) is 12.1 Å². The Morgan fingerprint density at radius 3 is 2.36 bits per heavy atom. The standard InChI is InChI=1S/C11H15F2N/c1-7-9(12)5-4-8(10(7)13)6-11(2,3)14/h4-5H,6,14H2,1-3H3. The van der Waals surface area contributed by atoms with Crippen LogP contribution in [0.5, 0.6) is 0 Å². The van der Waals surface area contributed by atoms with Crippen molar-refractivity contribution in [3.05, 3.63) is 34.9 Å². The summed E-state index contributed by atoms with van der Waals surface area (Å²) in [7, 11) is 0. The third-order valence-corrected chi connectivity index (χ3v) is 2.05. The highest BCUT2D eigenvalue weighted by atomic mass is 19.1. The van der Waals surface area contributed by atoms with E-state index in [2.05, 4.69) is 0 Å². The first-order valence-electron chi connectivity index (χ1n) is 4.53. The normalized spacial score (nSPS) is 11.9. The van der Waals surface area contributed by atoms with E-state index in [0.717, 1.165) is 0 Å². The van der Waals surface area contributed by atoms with Gasteiger partial charge in [0, 0.05) is 11.1 Å². The van der Waals surface area contributed by atoms with Crippen LogP contribution in [0.3, 0.4) is 0 Å². The molecule has 0 amide bonds. The van der Waals surface area contributed by atoms with Gasteiger partial charge < -0.3 is 5.73 Å². The molecule has 0 bridgehead atoms. The van der Waals surface area contributed by atoms with Gasteiger partial charge in [-0.05, 0) is 38.8 Å². The maximum Gasteiger partial charge on any atom is 0.132 e. The fraction of sp³-hybridized carbons (Fsp3) is 0.455. The Morgan fingerprint density at radius 1 is 1.29 bits per heavy atom. The second-order valence-electron chi connectivity index (χ2n) is 4.31. The molecule has 0 aliphatic carbocycles. The van der Waals surface area contributed by atoms with E-state index in [1.807, 2.05) is 13.8 Å². The van der Waals surface area contributed by atoms with Crippen molar-refractivity contribution in [2.45, 2.75) is 32.7 Å². The molecule has 78 valence electrons. The third-order valence-electron chi connectivity index (χ3n) is 2.05. The second-order valence-corrected chi connectivity index (χ2v) is 4.31. The van der Waals surface area contributed by atoms with Gasteiger partial charge >= 0.3 is 0 Å². The monoisotopic (exact) mass is 199 g/mol. The van der Waals surface area contributed by atoms with Crippen molar-refractivity contribution in [1.82, 2.24) is 0 Å². The van der Waals surface area contributed by atoms with Crippen molar-refractivity contribution in [3.8, 4) is 0 Å². The molecular weight excluding hydrogens is 184 g/mol. The summed E-state index contributed by atoms with van der Waals surface area (Å²) in [6.07, 6.45) is 0.403. The molecule has 0 unspecified atom stereocenters. The van der Waals surface area contributed by atoms with Crippen molar-refractivity contribution >= 4 is 0 Å². The lowest BCUT2D eigenvalue weighted by molar-refractivity contribution is 0.489. The van der Waals surface area contributed by atoms with Gasteiger partial charge in [0.15, 0.2) is 0 Å². The molecule has 14 heavy (non-hydrogen) atoms. The minimum Gasteiger partial charge on any atom is -0.325 e. The molecule has 1 aromatic carbocycles. The third kappa shape index (κ3) is 2.51. The predicted molar refractivity (Wildman–Crippen MR) is 53.1 cm³/mol. The van der Waals surface area contributed by atoms with E-state index in [4.69, 9.17) is 5.73 Å². The van der Waals surface area contributed by atoms with E-state index in [1.54, 1.807) is 0 Å². The maximum atomic E-state index is 13.5. The summed E-state index contributed by atoms with van der Waals surface area (Å²) in [5, 5.41) is 0. The van der Waals surface area contributed by atoms with Crippen molar-refractivity contribution < 1.29 is 8.78 Å². The van der Waals surface area contributed by atoms with E-state index >= 15 is 0 Å². The topological polar surface area (TPSA) is 26.0 Å². The molecule has 0 radical (unpaired) electrons. The maximum absolute atomic E-state index is 13.5. The lowest BCUT2D eigenvalue weighted by atomic mass is 9.95. The summed E-state index contributed by atoms with van der Waals surface area (Å²) in [4.78, 5) is 0. The van der Waals surface area contributed by atoms with Gasteiger partial charge in [-0.2, -0.15) is 0 Å². The highest BCUT2D eigenvalue weighted by molar-refractivity contribution is 5.27. The molecule has 0 aliphatic rings. The molecule has 0 fully saturated rings. The van der Waals surface area contributed by atoms with Gasteiger partial charge in [0.1, 0.15) is 11.6 Å². The molecule has 1 nitrogen and oxygen atoms in total. The minimum atomic E-state index is -0.513. The zero-order chi connectivity index (χ0) is 10.9. The van der Waals surface area contributed by atoms with Crippen molar-refractivity contribution in [2.75, 3.05) is 0 Å². The van der Waals surface area contributed by atoms with Crippen LogP contribution in [0.4, 0.5) is 8.78 Å². The first-order chi connectivity index (χ1) is 6.31. The number of nitrogens with two attached hydrogens (primary N) is 1. The van der Waals surface area contributed by atoms with Gasteiger partial charge in [-0.1, -0.05) is 6.07 Å². The van der Waals surface area contributed by atoms with Crippen LogP contribution < -0.4 is 5.73 Å². The zero-order valence-electron chi connectivity index (χ0n) is 8.70. The average Bonchev–Trinajstić information content (AvgIpc) is 2.04. The van der Waals surface area contributed by atoms with Gasteiger partial charge in [0.2, 0.25) is 0 Å². The fourth-order valence-corrected chi connectivity index (χ4v) is 1.34. The highest BCUT2D eigenvalue weighted by Gasteiger charge is 2.16. The minimum absolute atomic E-state index is 0.0618. The largest absolute Gasteiger partial charge is 0.325 e. The molecule has 0 aliphatic heterocycles. The summed E-state index contributed by atoms with van der Waals surface area (Å²) in [6, 6.07) is 2.73. The van der Waals surface area contributed by atoms with E-state index in [0.29, 0.717) is 12.0 Å². The fourth-order valence-electron chi connectivity index (χ4n) is 1.34. The van der Waals surface area contributed by atoms with Crippen LogP contribution >= 0.6 is 0 Å². The molecule has 0 atom stereocenters. The summed E-state index contributed by atoms with van der Waals surface area (Å²) in [5.41, 5.74) is 5.81. The van der Waals surface area contributed by atoms with E-state index in [1.165, 1.54) is 19.1 Å². The summed E-state index contributed by atoms with van der Waals surface area (Å²) in [5.74, 6) is -0.996. The van der Waals surface area contributed by atoms with Crippen LogP contribution in [-0.4, -0.2) is 5.54 Å². The summed E-state index contributed by atoms with van der Waals surface area (Å²) >= 11 is 0. The van der Waals surface area contributed by atoms with E-state index < -0.39 is 17.2 Å². The van der Waals surface area contributed by atoms with Gasteiger partial charge in [-0.15, -0.1) is 0 Å². The molecule has 2 N–H and O–H groups in total. The number of rotatable bonds is 2. The molecule has 0 saturated carbocycles. The number of hydrogen-bond acceptors (Lipinski definition) is 1. The predicted octanol–water partition coefficient (Wildman–Crippen LogP) is 2.55. The van der Waals surface area contributed by atoms with E-state index in [-0.39, 0.29) is 5.56 Å². The molecule has 0 spiro atoms. The Balaban J connectivity index is 3.06. The first kappa shape index (κ1) is 11.1. The molecule has 0 heterocycles. The zero-order valence-corrected chi connectivity index (χ0v) is 8.70. The van der Waals surface area contributed by atoms with Crippen LogP contribution in [0, 0.1) is 18.6 Å². The molecular formula is C11H15F2N.